The Bertz CT molecular complexity index is 675. The molecule has 8 nitrogen and oxygen atoms in total. The number of benzene rings is 1. The van der Waals surface area contributed by atoms with E-state index in [1.165, 1.54) is 25.1 Å². The van der Waals surface area contributed by atoms with Gasteiger partial charge in [0.1, 0.15) is 11.9 Å². The van der Waals surface area contributed by atoms with E-state index in [0.29, 0.717) is 0 Å². The second-order valence-electron chi connectivity index (χ2n) is 5.34. The van der Waals surface area contributed by atoms with Gasteiger partial charge >= 0.3 is 17.9 Å². The zero-order valence-corrected chi connectivity index (χ0v) is 14.8. The molecule has 0 saturated heterocycles. The van der Waals surface area contributed by atoms with Gasteiger partial charge in [0.05, 0.1) is 26.9 Å². The van der Waals surface area contributed by atoms with Gasteiger partial charge in [-0.05, 0) is 12.1 Å². The number of methoxy groups -OCH3 is 3. The third-order valence-corrected chi connectivity index (χ3v) is 3.82. The topological polar surface area (TPSA) is 108 Å². The Hall–Kier alpha value is -2.97. The van der Waals surface area contributed by atoms with Crippen molar-refractivity contribution >= 4 is 23.8 Å². The number of carbonyl (C=O) groups is 4. The number of rotatable bonds is 7. The molecule has 2 atom stereocenters. The van der Waals surface area contributed by atoms with Crippen LogP contribution in [0.5, 0.6) is 0 Å². The van der Waals surface area contributed by atoms with Crippen molar-refractivity contribution in [2.45, 2.75) is 13.0 Å². The van der Waals surface area contributed by atoms with Crippen molar-refractivity contribution in [3.63, 3.8) is 0 Å². The largest absolute Gasteiger partial charge is 0.468 e. The maximum absolute atomic E-state index is 13.8. The molecule has 1 rings (SSSR count). The molecule has 1 N–H and O–H groups in total. The van der Waals surface area contributed by atoms with Crippen LogP contribution in [0.1, 0.15) is 17.3 Å². The van der Waals surface area contributed by atoms with E-state index in [4.69, 9.17) is 0 Å². The maximum atomic E-state index is 13.8. The third kappa shape index (κ3) is 4.78. The zero-order chi connectivity index (χ0) is 19.9. The van der Waals surface area contributed by atoms with E-state index in [-0.39, 0.29) is 5.56 Å². The number of nitrogens with one attached hydrogen (secondary N) is 1. The SMILES string of the molecule is COC(=O)C(C(=O)OC)[C@H](C)[C@H](NC(=O)c1ccccc1F)C(=O)OC. The van der Waals surface area contributed by atoms with Crippen molar-refractivity contribution in [2.75, 3.05) is 21.3 Å². The maximum Gasteiger partial charge on any atom is 0.328 e. The molecule has 0 aliphatic rings. The van der Waals surface area contributed by atoms with Crippen molar-refractivity contribution in [1.29, 1.82) is 0 Å². The first kappa shape index (κ1) is 21.1. The van der Waals surface area contributed by atoms with E-state index in [1.54, 1.807) is 0 Å². The Kier molecular flexibility index (Phi) is 7.70. The second kappa shape index (κ2) is 9.50. The fourth-order valence-corrected chi connectivity index (χ4v) is 2.37. The molecule has 0 aromatic heterocycles. The highest BCUT2D eigenvalue weighted by molar-refractivity contribution is 5.99. The molecule has 0 unspecified atom stereocenters. The predicted molar refractivity (Wildman–Crippen MR) is 86.4 cm³/mol. The van der Waals surface area contributed by atoms with Crippen LogP contribution in [-0.2, 0) is 28.6 Å². The molecule has 26 heavy (non-hydrogen) atoms. The molecule has 1 aromatic carbocycles. The van der Waals surface area contributed by atoms with Gasteiger partial charge in [0, 0.05) is 5.92 Å². The Balaban J connectivity index is 3.17. The van der Waals surface area contributed by atoms with Gasteiger partial charge in [0.25, 0.3) is 5.91 Å². The highest BCUT2D eigenvalue weighted by Crippen LogP contribution is 2.21. The van der Waals surface area contributed by atoms with Gasteiger partial charge in [-0.2, -0.15) is 0 Å². The van der Waals surface area contributed by atoms with E-state index in [0.717, 1.165) is 27.4 Å². The van der Waals surface area contributed by atoms with E-state index in [9.17, 15) is 23.6 Å². The highest BCUT2D eigenvalue weighted by atomic mass is 19.1. The predicted octanol–water partition coefficient (Wildman–Crippen LogP) is 0.695. The molecule has 0 saturated carbocycles. The van der Waals surface area contributed by atoms with Gasteiger partial charge in [-0.3, -0.25) is 14.4 Å². The lowest BCUT2D eigenvalue weighted by Crippen LogP contribution is -2.51. The summed E-state index contributed by atoms with van der Waals surface area (Å²) in [6.07, 6.45) is 0. The molecule has 0 fully saturated rings. The zero-order valence-electron chi connectivity index (χ0n) is 14.8. The number of halogens is 1. The van der Waals surface area contributed by atoms with E-state index < -0.39 is 47.5 Å². The van der Waals surface area contributed by atoms with Crippen LogP contribution in [-0.4, -0.2) is 51.2 Å². The molecular weight excluding hydrogens is 349 g/mol. The van der Waals surface area contributed by atoms with Crippen LogP contribution in [0.15, 0.2) is 24.3 Å². The minimum Gasteiger partial charge on any atom is -0.468 e. The van der Waals surface area contributed by atoms with E-state index in [1.807, 2.05) is 0 Å². The van der Waals surface area contributed by atoms with Gasteiger partial charge in [-0.1, -0.05) is 19.1 Å². The number of hydrogen-bond donors (Lipinski definition) is 1. The summed E-state index contributed by atoms with van der Waals surface area (Å²) in [6, 6.07) is 3.73. The average Bonchev–Trinajstić information content (AvgIpc) is 2.65. The smallest absolute Gasteiger partial charge is 0.328 e. The van der Waals surface area contributed by atoms with Crippen LogP contribution in [0, 0.1) is 17.7 Å². The minimum atomic E-state index is -1.49. The van der Waals surface area contributed by atoms with Crippen LogP contribution < -0.4 is 5.32 Å². The van der Waals surface area contributed by atoms with Crippen molar-refractivity contribution in [3.05, 3.63) is 35.6 Å². The molecule has 0 radical (unpaired) electrons. The number of hydrogen-bond acceptors (Lipinski definition) is 7. The molecule has 0 aliphatic heterocycles. The quantitative estimate of drug-likeness (QED) is 0.428. The lowest BCUT2D eigenvalue weighted by molar-refractivity contribution is -0.163. The molecular formula is C17H20FNO7. The van der Waals surface area contributed by atoms with Gasteiger partial charge < -0.3 is 19.5 Å². The number of esters is 3. The summed E-state index contributed by atoms with van der Waals surface area (Å²) < 4.78 is 27.5. The second-order valence-corrected chi connectivity index (χ2v) is 5.34. The standard InChI is InChI=1S/C17H20FNO7/c1-9(12(15(21)24-2)16(22)25-3)13(17(23)26-4)19-14(20)10-7-5-6-8-11(10)18/h5-9,12-13H,1-4H3,(H,19,20)/t9-,13-/m0/s1. The summed E-state index contributed by atoms with van der Waals surface area (Å²) in [6.45, 7) is 1.36. The third-order valence-electron chi connectivity index (χ3n) is 3.82. The van der Waals surface area contributed by atoms with Gasteiger partial charge in [-0.15, -0.1) is 0 Å². The molecule has 0 spiro atoms. The molecule has 0 heterocycles. The summed E-state index contributed by atoms with van der Waals surface area (Å²) in [7, 11) is 3.20. The minimum absolute atomic E-state index is 0.304. The molecule has 9 heteroatoms. The first-order chi connectivity index (χ1) is 12.3. The van der Waals surface area contributed by atoms with Crippen molar-refractivity contribution in [3.8, 4) is 0 Å². The summed E-state index contributed by atoms with van der Waals surface area (Å²) in [5.74, 6) is -7.08. The van der Waals surface area contributed by atoms with Gasteiger partial charge in [-0.25, -0.2) is 9.18 Å². The summed E-state index contributed by atoms with van der Waals surface area (Å²) >= 11 is 0. The van der Waals surface area contributed by atoms with Crippen molar-refractivity contribution < 1.29 is 37.8 Å². The Morgan fingerprint density at radius 2 is 1.42 bits per heavy atom. The fourth-order valence-electron chi connectivity index (χ4n) is 2.37. The summed E-state index contributed by atoms with van der Waals surface area (Å²) in [5.41, 5.74) is -0.304. The van der Waals surface area contributed by atoms with E-state index in [2.05, 4.69) is 19.5 Å². The van der Waals surface area contributed by atoms with E-state index >= 15 is 0 Å². The molecule has 0 aliphatic carbocycles. The lowest BCUT2D eigenvalue weighted by Gasteiger charge is -2.27. The van der Waals surface area contributed by atoms with Crippen molar-refractivity contribution in [1.82, 2.24) is 5.32 Å². The monoisotopic (exact) mass is 369 g/mol. The Morgan fingerprint density at radius 1 is 0.923 bits per heavy atom. The van der Waals surface area contributed by atoms with Crippen LogP contribution in [0.4, 0.5) is 4.39 Å². The Labute approximate surface area is 149 Å². The fraction of sp³-hybridized carbons (Fsp3) is 0.412. The van der Waals surface area contributed by atoms with Crippen LogP contribution in [0.25, 0.3) is 0 Å². The normalized spacial score (nSPS) is 12.7. The first-order valence-corrected chi connectivity index (χ1v) is 7.57. The van der Waals surface area contributed by atoms with Crippen LogP contribution in [0.2, 0.25) is 0 Å². The van der Waals surface area contributed by atoms with Crippen LogP contribution in [0.3, 0.4) is 0 Å². The molecule has 1 amide bonds. The molecule has 142 valence electrons. The van der Waals surface area contributed by atoms with Gasteiger partial charge in [0.2, 0.25) is 0 Å². The summed E-state index contributed by atoms with van der Waals surface area (Å²) in [4.78, 5) is 48.3. The van der Waals surface area contributed by atoms with Gasteiger partial charge in [0.15, 0.2) is 5.92 Å². The summed E-state index contributed by atoms with van der Waals surface area (Å²) in [5, 5.41) is 2.29. The average molecular weight is 369 g/mol. The first-order valence-electron chi connectivity index (χ1n) is 7.57. The highest BCUT2D eigenvalue weighted by Gasteiger charge is 2.42. The Morgan fingerprint density at radius 3 is 1.88 bits per heavy atom. The number of carbonyl (C=O) groups excluding carboxylic acids is 4. The van der Waals surface area contributed by atoms with Crippen LogP contribution >= 0.6 is 0 Å². The number of ether oxygens (including phenoxy) is 3. The molecule has 1 aromatic rings. The van der Waals surface area contributed by atoms with Crippen molar-refractivity contribution in [2.24, 2.45) is 11.8 Å². The number of amides is 1. The lowest BCUT2D eigenvalue weighted by atomic mass is 9.87. The molecule has 0 bridgehead atoms.